The number of carbonyl (C=O) groups excluding carboxylic acids is 1. The third-order valence-corrected chi connectivity index (χ3v) is 2.65. The molecule has 0 fully saturated rings. The molecule has 0 saturated carbocycles. The lowest BCUT2D eigenvalue weighted by molar-refractivity contribution is -0.431. The molecular weight excluding hydrogens is 174 g/mol. The Bertz CT molecular complexity index is 139. The standard InChI is InChI=1S/C8H17NO2S/c1-6(2)3-4-12-5-7(9)8(10)11/h6-7H,3-5,9H2,1-2H3,(H,10,11)/t7-/m0/s1. The van der Waals surface area contributed by atoms with Gasteiger partial charge in [-0.05, 0) is 18.1 Å². The fraction of sp³-hybridized carbons (Fsp3) is 0.875. The molecule has 0 spiro atoms. The van der Waals surface area contributed by atoms with Gasteiger partial charge in [-0.3, -0.25) is 0 Å². The maximum absolute atomic E-state index is 10.2. The van der Waals surface area contributed by atoms with Crippen LogP contribution in [0.2, 0.25) is 0 Å². The first kappa shape index (κ1) is 11.8. The molecule has 0 bridgehead atoms. The molecule has 0 aromatic rings. The molecule has 0 aromatic carbocycles. The van der Waals surface area contributed by atoms with Crippen molar-refractivity contribution in [2.75, 3.05) is 11.5 Å². The van der Waals surface area contributed by atoms with Crippen LogP contribution in [0.4, 0.5) is 0 Å². The molecular formula is C8H17NO2S. The van der Waals surface area contributed by atoms with Gasteiger partial charge in [0, 0.05) is 0 Å². The van der Waals surface area contributed by atoms with Gasteiger partial charge >= 0.3 is 0 Å². The van der Waals surface area contributed by atoms with Crippen LogP contribution >= 0.6 is 11.8 Å². The van der Waals surface area contributed by atoms with Gasteiger partial charge in [0.15, 0.2) is 0 Å². The Kier molecular flexibility index (Phi) is 6.20. The molecule has 0 unspecified atom stereocenters. The lowest BCUT2D eigenvalue weighted by Gasteiger charge is -2.09. The fourth-order valence-electron chi connectivity index (χ4n) is 0.613. The predicted octanol–water partition coefficient (Wildman–Crippen LogP) is -0.874. The molecule has 0 saturated heterocycles. The van der Waals surface area contributed by atoms with Crippen molar-refractivity contribution in [3.05, 3.63) is 0 Å². The Morgan fingerprint density at radius 3 is 2.58 bits per heavy atom. The van der Waals surface area contributed by atoms with Crippen molar-refractivity contribution in [3.63, 3.8) is 0 Å². The normalized spacial score (nSPS) is 13.3. The summed E-state index contributed by atoms with van der Waals surface area (Å²) in [4.78, 5) is 10.2. The third-order valence-electron chi connectivity index (χ3n) is 1.49. The minimum Gasteiger partial charge on any atom is -0.544 e. The highest BCUT2D eigenvalue weighted by molar-refractivity contribution is 7.99. The lowest BCUT2D eigenvalue weighted by Crippen LogP contribution is -2.69. The number of hydrogen-bond acceptors (Lipinski definition) is 3. The zero-order chi connectivity index (χ0) is 9.56. The van der Waals surface area contributed by atoms with E-state index < -0.39 is 12.0 Å². The summed E-state index contributed by atoms with van der Waals surface area (Å²) in [5.41, 5.74) is 3.47. The van der Waals surface area contributed by atoms with E-state index in [1.54, 1.807) is 11.8 Å². The van der Waals surface area contributed by atoms with Crippen LogP contribution in [0.15, 0.2) is 0 Å². The van der Waals surface area contributed by atoms with Crippen molar-refractivity contribution in [3.8, 4) is 0 Å². The summed E-state index contributed by atoms with van der Waals surface area (Å²) >= 11 is 1.63. The highest BCUT2D eigenvalue weighted by Gasteiger charge is 2.06. The molecule has 0 rings (SSSR count). The van der Waals surface area contributed by atoms with Gasteiger partial charge in [-0.1, -0.05) is 13.8 Å². The molecule has 3 N–H and O–H groups in total. The van der Waals surface area contributed by atoms with Gasteiger partial charge in [0.25, 0.3) is 0 Å². The number of carbonyl (C=O) groups is 1. The minimum atomic E-state index is -1.05. The Morgan fingerprint density at radius 1 is 1.58 bits per heavy atom. The molecule has 0 aliphatic rings. The van der Waals surface area contributed by atoms with Gasteiger partial charge in [-0.2, -0.15) is 11.8 Å². The summed E-state index contributed by atoms with van der Waals surface area (Å²) in [7, 11) is 0. The van der Waals surface area contributed by atoms with Crippen LogP contribution < -0.4 is 10.8 Å². The number of carboxylic acid groups (broad SMARTS) is 1. The molecule has 3 nitrogen and oxygen atoms in total. The molecule has 4 heteroatoms. The van der Waals surface area contributed by atoms with E-state index in [0.717, 1.165) is 12.2 Å². The number of thioether (sulfide) groups is 1. The number of hydrogen-bond donors (Lipinski definition) is 1. The van der Waals surface area contributed by atoms with Crippen LogP contribution in [0, 0.1) is 5.92 Å². The summed E-state index contributed by atoms with van der Waals surface area (Å²) in [5.74, 6) is 1.21. The molecule has 0 aliphatic heterocycles. The first-order valence-corrected chi connectivity index (χ1v) is 5.31. The van der Waals surface area contributed by atoms with Crippen LogP contribution in [0.25, 0.3) is 0 Å². The highest BCUT2D eigenvalue weighted by Crippen LogP contribution is 2.08. The highest BCUT2D eigenvalue weighted by atomic mass is 32.2. The first-order valence-electron chi connectivity index (χ1n) is 4.15. The topological polar surface area (TPSA) is 67.8 Å². The van der Waals surface area contributed by atoms with E-state index in [1.807, 2.05) is 0 Å². The average molecular weight is 191 g/mol. The summed E-state index contributed by atoms with van der Waals surface area (Å²) in [5, 5.41) is 10.2. The van der Waals surface area contributed by atoms with Crippen LogP contribution in [-0.2, 0) is 4.79 Å². The number of rotatable bonds is 6. The van der Waals surface area contributed by atoms with Crippen molar-refractivity contribution in [1.29, 1.82) is 0 Å². The lowest BCUT2D eigenvalue weighted by atomic mass is 10.2. The second-order valence-corrected chi connectivity index (χ2v) is 4.42. The van der Waals surface area contributed by atoms with E-state index in [0.29, 0.717) is 11.7 Å². The Balaban J connectivity index is 3.25. The van der Waals surface area contributed by atoms with Gasteiger partial charge in [-0.15, -0.1) is 0 Å². The van der Waals surface area contributed by atoms with E-state index in [9.17, 15) is 9.90 Å². The largest absolute Gasteiger partial charge is 0.544 e. The molecule has 12 heavy (non-hydrogen) atoms. The van der Waals surface area contributed by atoms with E-state index in [4.69, 9.17) is 0 Å². The fourth-order valence-corrected chi connectivity index (χ4v) is 1.84. The van der Waals surface area contributed by atoms with Crippen molar-refractivity contribution in [2.24, 2.45) is 5.92 Å². The van der Waals surface area contributed by atoms with Crippen molar-refractivity contribution >= 4 is 17.7 Å². The summed E-state index contributed by atoms with van der Waals surface area (Å²) in [6, 6.07) is -0.567. The molecule has 0 radical (unpaired) electrons. The minimum absolute atomic E-state index is 0.565. The summed E-state index contributed by atoms with van der Waals surface area (Å²) in [6.45, 7) is 4.31. The average Bonchev–Trinajstić information content (AvgIpc) is 1.97. The first-order chi connectivity index (χ1) is 5.54. The van der Waals surface area contributed by atoms with Crippen molar-refractivity contribution in [2.45, 2.75) is 26.3 Å². The molecule has 0 aromatic heterocycles. The zero-order valence-electron chi connectivity index (χ0n) is 7.71. The van der Waals surface area contributed by atoms with E-state index in [1.165, 1.54) is 0 Å². The van der Waals surface area contributed by atoms with Crippen molar-refractivity contribution < 1.29 is 15.6 Å². The molecule has 0 amide bonds. The smallest absolute Gasteiger partial charge is 0.134 e. The number of carboxylic acids is 1. The molecule has 0 aliphatic carbocycles. The van der Waals surface area contributed by atoms with Crippen LogP contribution in [0.1, 0.15) is 20.3 Å². The maximum atomic E-state index is 10.2. The van der Waals surface area contributed by atoms with Gasteiger partial charge in [0.05, 0.1) is 11.7 Å². The second kappa shape index (κ2) is 6.31. The predicted molar refractivity (Wildman–Crippen MR) is 48.5 cm³/mol. The Hall–Kier alpha value is -0.220. The molecule has 0 heterocycles. The van der Waals surface area contributed by atoms with Crippen LogP contribution in [-0.4, -0.2) is 23.5 Å². The SMILES string of the molecule is CC(C)CCSC[C@H]([NH3+])C(=O)[O-]. The quantitative estimate of drug-likeness (QED) is 0.555. The van der Waals surface area contributed by atoms with E-state index in [-0.39, 0.29) is 0 Å². The van der Waals surface area contributed by atoms with Crippen LogP contribution in [0.3, 0.4) is 0 Å². The number of quaternary nitrogens is 1. The maximum Gasteiger partial charge on any atom is 0.134 e. The van der Waals surface area contributed by atoms with Gasteiger partial charge in [-0.25, -0.2) is 0 Å². The molecule has 72 valence electrons. The third kappa shape index (κ3) is 6.49. The van der Waals surface area contributed by atoms with Gasteiger partial charge in [0.2, 0.25) is 0 Å². The van der Waals surface area contributed by atoms with Gasteiger partial charge < -0.3 is 15.6 Å². The van der Waals surface area contributed by atoms with Gasteiger partial charge in [0.1, 0.15) is 6.04 Å². The van der Waals surface area contributed by atoms with E-state index in [2.05, 4.69) is 19.6 Å². The van der Waals surface area contributed by atoms with Crippen LogP contribution in [0.5, 0.6) is 0 Å². The monoisotopic (exact) mass is 191 g/mol. The van der Waals surface area contributed by atoms with E-state index >= 15 is 0 Å². The number of aliphatic carboxylic acids is 1. The second-order valence-electron chi connectivity index (χ2n) is 3.27. The Morgan fingerprint density at radius 2 is 2.17 bits per heavy atom. The summed E-state index contributed by atoms with van der Waals surface area (Å²) < 4.78 is 0. The molecule has 1 atom stereocenters. The van der Waals surface area contributed by atoms with Crippen molar-refractivity contribution in [1.82, 2.24) is 0 Å². The summed E-state index contributed by atoms with van der Waals surface area (Å²) in [6.07, 6.45) is 1.13. The Labute approximate surface area is 77.7 Å². The zero-order valence-corrected chi connectivity index (χ0v) is 8.52.